The van der Waals surface area contributed by atoms with Crippen molar-refractivity contribution in [3.05, 3.63) is 24.3 Å². The summed E-state index contributed by atoms with van der Waals surface area (Å²) in [5.41, 5.74) is 0.813. The van der Waals surface area contributed by atoms with Crippen molar-refractivity contribution >= 4 is 23.4 Å². The van der Waals surface area contributed by atoms with Gasteiger partial charge < -0.3 is 10.4 Å². The topological polar surface area (TPSA) is 49.3 Å². The molecule has 1 aliphatic carbocycles. The molecule has 0 bridgehead atoms. The minimum atomic E-state index is -0.0591. The molecule has 1 aromatic rings. The molecule has 0 atom stereocenters. The highest BCUT2D eigenvalue weighted by Crippen LogP contribution is 2.47. The van der Waals surface area contributed by atoms with E-state index in [4.69, 9.17) is 0 Å². The summed E-state index contributed by atoms with van der Waals surface area (Å²) < 4.78 is 0.0372. The zero-order chi connectivity index (χ0) is 12.3. The number of anilines is 1. The molecule has 0 radical (unpaired) electrons. The van der Waals surface area contributed by atoms with Crippen LogP contribution in [0.15, 0.2) is 29.2 Å². The van der Waals surface area contributed by atoms with Gasteiger partial charge in [0.15, 0.2) is 0 Å². The van der Waals surface area contributed by atoms with E-state index in [2.05, 4.69) is 5.32 Å². The van der Waals surface area contributed by atoms with Gasteiger partial charge in [-0.1, -0.05) is 6.42 Å². The van der Waals surface area contributed by atoms with E-state index in [9.17, 15) is 9.90 Å². The number of amides is 1. The molecule has 3 nitrogen and oxygen atoms in total. The van der Waals surface area contributed by atoms with Gasteiger partial charge in [0.25, 0.3) is 0 Å². The largest absolute Gasteiger partial charge is 0.395 e. The molecule has 1 fully saturated rings. The standard InChI is InChI=1S/C13H17NO2S/c1-10(16)14-11-3-5-12(6-4-11)17-13(9-15)7-2-8-13/h3-6,15H,2,7-9H2,1H3,(H,14,16). The molecule has 4 heteroatoms. The molecule has 0 heterocycles. The molecular formula is C13H17NO2S. The van der Waals surface area contributed by atoms with Gasteiger partial charge in [0.05, 0.1) is 6.61 Å². The monoisotopic (exact) mass is 251 g/mol. The van der Waals surface area contributed by atoms with E-state index < -0.39 is 0 Å². The van der Waals surface area contributed by atoms with Gasteiger partial charge in [-0.25, -0.2) is 0 Å². The number of aliphatic hydroxyl groups excluding tert-OH is 1. The van der Waals surface area contributed by atoms with Crippen molar-refractivity contribution < 1.29 is 9.90 Å². The summed E-state index contributed by atoms with van der Waals surface area (Å²) in [6.45, 7) is 1.74. The van der Waals surface area contributed by atoms with Gasteiger partial charge in [-0.3, -0.25) is 4.79 Å². The number of thioether (sulfide) groups is 1. The number of hydrogen-bond acceptors (Lipinski definition) is 3. The SMILES string of the molecule is CC(=O)Nc1ccc(SC2(CO)CCC2)cc1. The zero-order valence-electron chi connectivity index (χ0n) is 9.90. The van der Waals surface area contributed by atoms with Gasteiger partial charge in [-0.05, 0) is 37.1 Å². The molecule has 17 heavy (non-hydrogen) atoms. The highest BCUT2D eigenvalue weighted by Gasteiger charge is 2.37. The van der Waals surface area contributed by atoms with Gasteiger partial charge in [0, 0.05) is 22.3 Å². The Bertz CT molecular complexity index is 393. The summed E-state index contributed by atoms with van der Waals surface area (Å²) in [6.07, 6.45) is 3.38. The lowest BCUT2D eigenvalue weighted by Gasteiger charge is -2.39. The maximum atomic E-state index is 10.9. The Balaban J connectivity index is 2.00. The van der Waals surface area contributed by atoms with Crippen LogP contribution in [0.25, 0.3) is 0 Å². The highest BCUT2D eigenvalue weighted by molar-refractivity contribution is 8.00. The number of carbonyl (C=O) groups is 1. The summed E-state index contributed by atoms with van der Waals surface area (Å²) in [5, 5.41) is 12.1. The van der Waals surface area contributed by atoms with Gasteiger partial charge in [-0.15, -0.1) is 11.8 Å². The van der Waals surface area contributed by atoms with Crippen LogP contribution in [0.2, 0.25) is 0 Å². The lowest BCUT2D eigenvalue weighted by molar-refractivity contribution is -0.114. The number of carbonyl (C=O) groups excluding carboxylic acids is 1. The zero-order valence-corrected chi connectivity index (χ0v) is 10.7. The fourth-order valence-electron chi connectivity index (χ4n) is 1.92. The number of hydrogen-bond donors (Lipinski definition) is 2. The lowest BCUT2D eigenvalue weighted by atomic mass is 9.85. The molecule has 1 aliphatic rings. The third-order valence-electron chi connectivity index (χ3n) is 3.06. The van der Waals surface area contributed by atoms with Crippen LogP contribution in [0.4, 0.5) is 5.69 Å². The van der Waals surface area contributed by atoms with Crippen molar-refractivity contribution in [3.8, 4) is 0 Å². The highest BCUT2D eigenvalue weighted by atomic mass is 32.2. The average molecular weight is 251 g/mol. The summed E-state index contributed by atoms with van der Waals surface area (Å²) >= 11 is 1.74. The van der Waals surface area contributed by atoms with E-state index >= 15 is 0 Å². The van der Waals surface area contributed by atoms with Crippen LogP contribution in [-0.4, -0.2) is 22.4 Å². The Morgan fingerprint density at radius 3 is 2.47 bits per heavy atom. The lowest BCUT2D eigenvalue weighted by Crippen LogP contribution is -2.37. The normalized spacial score (nSPS) is 17.3. The molecule has 0 unspecified atom stereocenters. The molecule has 0 saturated heterocycles. The third-order valence-corrected chi connectivity index (χ3v) is 4.54. The molecule has 2 N–H and O–H groups in total. The number of aliphatic hydroxyl groups is 1. The quantitative estimate of drug-likeness (QED) is 0.865. The van der Waals surface area contributed by atoms with Crippen LogP contribution in [0.3, 0.4) is 0 Å². The van der Waals surface area contributed by atoms with E-state index in [-0.39, 0.29) is 17.3 Å². The van der Waals surface area contributed by atoms with Crippen molar-refractivity contribution in [2.75, 3.05) is 11.9 Å². The summed E-state index contributed by atoms with van der Waals surface area (Å²) in [7, 11) is 0. The molecule has 1 saturated carbocycles. The van der Waals surface area contributed by atoms with Crippen molar-refractivity contribution in [2.45, 2.75) is 35.8 Å². The number of rotatable bonds is 4. The first kappa shape index (κ1) is 12.5. The van der Waals surface area contributed by atoms with Gasteiger partial charge in [-0.2, -0.15) is 0 Å². The van der Waals surface area contributed by atoms with Gasteiger partial charge >= 0.3 is 0 Å². The molecule has 0 aliphatic heterocycles. The molecule has 1 aromatic carbocycles. The number of nitrogens with one attached hydrogen (secondary N) is 1. The second-order valence-corrected chi connectivity index (χ2v) is 6.04. The van der Waals surface area contributed by atoms with Crippen LogP contribution in [0.5, 0.6) is 0 Å². The molecule has 2 rings (SSSR count). The van der Waals surface area contributed by atoms with Crippen molar-refractivity contribution in [3.63, 3.8) is 0 Å². The Kier molecular flexibility index (Phi) is 3.74. The Labute approximate surface area is 106 Å². The summed E-state index contributed by atoms with van der Waals surface area (Å²) in [4.78, 5) is 12.0. The summed E-state index contributed by atoms with van der Waals surface area (Å²) in [5.74, 6) is -0.0591. The van der Waals surface area contributed by atoms with Crippen LogP contribution >= 0.6 is 11.8 Å². The van der Waals surface area contributed by atoms with E-state index in [1.807, 2.05) is 24.3 Å². The average Bonchev–Trinajstić information content (AvgIpc) is 2.25. The predicted octanol–water partition coefficient (Wildman–Crippen LogP) is 2.65. The molecule has 0 spiro atoms. The fourth-order valence-corrected chi connectivity index (χ4v) is 3.25. The van der Waals surface area contributed by atoms with Gasteiger partial charge in [0.2, 0.25) is 5.91 Å². The van der Waals surface area contributed by atoms with Crippen LogP contribution in [0, 0.1) is 0 Å². The van der Waals surface area contributed by atoms with Crippen LogP contribution < -0.4 is 5.32 Å². The first-order valence-electron chi connectivity index (χ1n) is 5.81. The second kappa shape index (κ2) is 5.10. The van der Waals surface area contributed by atoms with Gasteiger partial charge in [0.1, 0.15) is 0 Å². The van der Waals surface area contributed by atoms with E-state index in [1.54, 1.807) is 11.8 Å². The predicted molar refractivity (Wildman–Crippen MR) is 70.3 cm³/mol. The van der Waals surface area contributed by atoms with Crippen molar-refractivity contribution in [1.29, 1.82) is 0 Å². The van der Waals surface area contributed by atoms with E-state index in [0.29, 0.717) is 0 Å². The number of benzene rings is 1. The first-order chi connectivity index (χ1) is 8.13. The van der Waals surface area contributed by atoms with Crippen LogP contribution in [0.1, 0.15) is 26.2 Å². The minimum Gasteiger partial charge on any atom is -0.395 e. The maximum Gasteiger partial charge on any atom is 0.221 e. The molecule has 1 amide bonds. The Morgan fingerprint density at radius 2 is 2.06 bits per heavy atom. The van der Waals surface area contributed by atoms with E-state index in [1.165, 1.54) is 13.3 Å². The maximum absolute atomic E-state index is 10.9. The molecule has 92 valence electrons. The van der Waals surface area contributed by atoms with E-state index in [0.717, 1.165) is 23.4 Å². The third kappa shape index (κ3) is 3.01. The fraction of sp³-hybridized carbons (Fsp3) is 0.462. The summed E-state index contributed by atoms with van der Waals surface area (Å²) in [6, 6.07) is 7.78. The minimum absolute atomic E-state index is 0.0372. The molecule has 0 aromatic heterocycles. The van der Waals surface area contributed by atoms with Crippen molar-refractivity contribution in [2.24, 2.45) is 0 Å². The Morgan fingerprint density at radius 1 is 1.41 bits per heavy atom. The second-order valence-electron chi connectivity index (χ2n) is 4.50. The molecular weight excluding hydrogens is 234 g/mol. The first-order valence-corrected chi connectivity index (χ1v) is 6.63. The van der Waals surface area contributed by atoms with Crippen LogP contribution in [-0.2, 0) is 4.79 Å². The van der Waals surface area contributed by atoms with Crippen molar-refractivity contribution in [1.82, 2.24) is 0 Å². The smallest absolute Gasteiger partial charge is 0.221 e. The Hall–Kier alpha value is -1.00.